The molecule has 98 valence electrons. The van der Waals surface area contributed by atoms with Gasteiger partial charge in [-0.2, -0.15) is 0 Å². The van der Waals surface area contributed by atoms with Crippen LogP contribution in [0.3, 0.4) is 0 Å². The van der Waals surface area contributed by atoms with Crippen LogP contribution in [0.2, 0.25) is 0 Å². The van der Waals surface area contributed by atoms with Gasteiger partial charge in [-0.05, 0) is 17.0 Å². The van der Waals surface area contributed by atoms with E-state index >= 15 is 0 Å². The third-order valence-corrected chi connectivity index (χ3v) is 3.43. The first-order valence-corrected chi connectivity index (χ1v) is 6.76. The first kappa shape index (κ1) is 13.6. The molecular formula is C18H21N. The molecule has 0 radical (unpaired) electrons. The van der Waals surface area contributed by atoms with Crippen LogP contribution in [0.25, 0.3) is 0 Å². The summed E-state index contributed by atoms with van der Waals surface area (Å²) >= 11 is 0. The zero-order chi connectivity index (χ0) is 13.5. The Hall–Kier alpha value is -1.86. The van der Waals surface area contributed by atoms with Gasteiger partial charge in [-0.3, -0.25) is 0 Å². The number of benzene rings is 2. The molecule has 0 aliphatic heterocycles. The summed E-state index contributed by atoms with van der Waals surface area (Å²) in [6.45, 7) is 6.99. The third-order valence-electron chi connectivity index (χ3n) is 3.43. The third kappa shape index (κ3) is 3.80. The van der Waals surface area contributed by atoms with Gasteiger partial charge in [-0.15, -0.1) is 6.58 Å². The van der Waals surface area contributed by atoms with Crippen molar-refractivity contribution in [1.82, 2.24) is 5.32 Å². The van der Waals surface area contributed by atoms with Gasteiger partial charge in [-0.1, -0.05) is 73.7 Å². The maximum atomic E-state index is 3.92. The van der Waals surface area contributed by atoms with E-state index in [9.17, 15) is 0 Å². The van der Waals surface area contributed by atoms with Crippen molar-refractivity contribution >= 4 is 0 Å². The molecule has 1 N–H and O–H groups in total. The summed E-state index contributed by atoms with van der Waals surface area (Å²) in [7, 11) is 0. The second-order valence-corrected chi connectivity index (χ2v) is 4.85. The van der Waals surface area contributed by atoms with E-state index in [2.05, 4.69) is 73.4 Å². The molecule has 0 saturated carbocycles. The first-order valence-electron chi connectivity index (χ1n) is 6.76. The summed E-state index contributed by atoms with van der Waals surface area (Å²) < 4.78 is 0. The van der Waals surface area contributed by atoms with Gasteiger partial charge in [-0.25, -0.2) is 0 Å². The van der Waals surface area contributed by atoms with Gasteiger partial charge in [0.15, 0.2) is 0 Å². The standard InChI is InChI=1S/C18H21N/c1-3-15(2)18(17-12-8-5-9-13-17)19-14-16-10-6-4-7-11-16/h3-13,15,18-19H,1,14H2,2H3/t15-,18+/m0/s1. The van der Waals surface area contributed by atoms with Crippen molar-refractivity contribution in [3.8, 4) is 0 Å². The highest BCUT2D eigenvalue weighted by Gasteiger charge is 2.15. The van der Waals surface area contributed by atoms with Crippen LogP contribution in [0.5, 0.6) is 0 Å². The van der Waals surface area contributed by atoms with Crippen LogP contribution < -0.4 is 5.32 Å². The first-order chi connectivity index (χ1) is 9.31. The maximum absolute atomic E-state index is 3.92. The smallest absolute Gasteiger partial charge is 0.0383 e. The van der Waals surface area contributed by atoms with E-state index in [1.54, 1.807) is 0 Å². The van der Waals surface area contributed by atoms with Crippen molar-refractivity contribution < 1.29 is 0 Å². The quantitative estimate of drug-likeness (QED) is 0.753. The van der Waals surface area contributed by atoms with E-state index in [4.69, 9.17) is 0 Å². The van der Waals surface area contributed by atoms with Gasteiger partial charge >= 0.3 is 0 Å². The van der Waals surface area contributed by atoms with E-state index in [0.717, 1.165) is 6.54 Å². The second kappa shape index (κ2) is 6.91. The highest BCUT2D eigenvalue weighted by Crippen LogP contribution is 2.23. The van der Waals surface area contributed by atoms with E-state index in [-0.39, 0.29) is 0 Å². The lowest BCUT2D eigenvalue weighted by Crippen LogP contribution is -2.25. The van der Waals surface area contributed by atoms with Crippen molar-refractivity contribution in [2.75, 3.05) is 0 Å². The predicted molar refractivity (Wildman–Crippen MR) is 81.8 cm³/mol. The van der Waals surface area contributed by atoms with Crippen molar-refractivity contribution in [2.45, 2.75) is 19.5 Å². The fraction of sp³-hybridized carbons (Fsp3) is 0.222. The van der Waals surface area contributed by atoms with Crippen LogP contribution in [0.15, 0.2) is 73.3 Å². The van der Waals surface area contributed by atoms with Crippen LogP contribution in [0, 0.1) is 5.92 Å². The SMILES string of the molecule is C=C[C@H](C)[C@@H](NCc1ccccc1)c1ccccc1. The molecule has 2 aromatic carbocycles. The summed E-state index contributed by atoms with van der Waals surface area (Å²) in [4.78, 5) is 0. The lowest BCUT2D eigenvalue weighted by Gasteiger charge is -2.23. The Labute approximate surface area is 116 Å². The number of hydrogen-bond acceptors (Lipinski definition) is 1. The minimum atomic E-state index is 0.305. The summed E-state index contributed by atoms with van der Waals surface area (Å²) in [5, 5.41) is 3.63. The average Bonchev–Trinajstić information content (AvgIpc) is 2.49. The Morgan fingerprint density at radius 2 is 1.58 bits per heavy atom. The summed E-state index contributed by atoms with van der Waals surface area (Å²) in [5.41, 5.74) is 2.62. The molecular weight excluding hydrogens is 230 g/mol. The Bertz CT molecular complexity index is 490. The van der Waals surface area contributed by atoms with Crippen molar-refractivity contribution in [2.24, 2.45) is 5.92 Å². The van der Waals surface area contributed by atoms with Crippen LogP contribution >= 0.6 is 0 Å². The molecule has 0 aromatic heterocycles. The minimum Gasteiger partial charge on any atom is -0.305 e. The van der Waals surface area contributed by atoms with E-state index < -0.39 is 0 Å². The zero-order valence-electron chi connectivity index (χ0n) is 11.4. The number of hydrogen-bond donors (Lipinski definition) is 1. The fourth-order valence-corrected chi connectivity index (χ4v) is 2.23. The van der Waals surface area contributed by atoms with Crippen LogP contribution in [-0.4, -0.2) is 0 Å². The van der Waals surface area contributed by atoms with E-state index in [1.807, 2.05) is 12.1 Å². The summed E-state index contributed by atoms with van der Waals surface area (Å²) in [6.07, 6.45) is 2.01. The van der Waals surface area contributed by atoms with Crippen LogP contribution in [0.1, 0.15) is 24.1 Å². The normalized spacial score (nSPS) is 13.7. The Balaban J connectivity index is 2.09. The van der Waals surface area contributed by atoms with E-state index in [1.165, 1.54) is 11.1 Å². The molecule has 1 nitrogen and oxygen atoms in total. The summed E-state index contributed by atoms with van der Waals surface area (Å²) in [5.74, 6) is 0.395. The van der Waals surface area contributed by atoms with Gasteiger partial charge in [0.1, 0.15) is 0 Å². The van der Waals surface area contributed by atoms with Crippen LogP contribution in [-0.2, 0) is 6.54 Å². The fourth-order valence-electron chi connectivity index (χ4n) is 2.23. The highest BCUT2D eigenvalue weighted by atomic mass is 14.9. The second-order valence-electron chi connectivity index (χ2n) is 4.85. The van der Waals surface area contributed by atoms with Crippen molar-refractivity contribution in [3.05, 3.63) is 84.4 Å². The molecule has 0 aliphatic carbocycles. The van der Waals surface area contributed by atoms with Crippen molar-refractivity contribution in [3.63, 3.8) is 0 Å². The highest BCUT2D eigenvalue weighted by molar-refractivity contribution is 5.21. The molecule has 0 spiro atoms. The molecule has 1 heteroatoms. The Morgan fingerprint density at radius 1 is 1.00 bits per heavy atom. The minimum absolute atomic E-state index is 0.305. The maximum Gasteiger partial charge on any atom is 0.0383 e. The lowest BCUT2D eigenvalue weighted by molar-refractivity contribution is 0.444. The molecule has 2 atom stereocenters. The Morgan fingerprint density at radius 3 is 2.16 bits per heavy atom. The summed E-state index contributed by atoms with van der Waals surface area (Å²) in [6, 6.07) is 21.4. The topological polar surface area (TPSA) is 12.0 Å². The molecule has 0 amide bonds. The van der Waals surface area contributed by atoms with Gasteiger partial charge in [0, 0.05) is 12.6 Å². The molecule has 0 saturated heterocycles. The van der Waals surface area contributed by atoms with Gasteiger partial charge in [0.05, 0.1) is 0 Å². The largest absolute Gasteiger partial charge is 0.305 e. The van der Waals surface area contributed by atoms with E-state index in [0.29, 0.717) is 12.0 Å². The Kier molecular flexibility index (Phi) is 4.93. The lowest BCUT2D eigenvalue weighted by atomic mass is 9.94. The molecule has 2 rings (SSSR count). The number of nitrogens with one attached hydrogen (secondary N) is 1. The number of rotatable bonds is 6. The van der Waals surface area contributed by atoms with Gasteiger partial charge in [0.2, 0.25) is 0 Å². The van der Waals surface area contributed by atoms with Crippen LogP contribution in [0.4, 0.5) is 0 Å². The van der Waals surface area contributed by atoms with Gasteiger partial charge in [0.25, 0.3) is 0 Å². The van der Waals surface area contributed by atoms with Crippen molar-refractivity contribution in [1.29, 1.82) is 0 Å². The average molecular weight is 251 g/mol. The molecule has 0 heterocycles. The van der Waals surface area contributed by atoms with Gasteiger partial charge < -0.3 is 5.32 Å². The monoisotopic (exact) mass is 251 g/mol. The molecule has 0 unspecified atom stereocenters. The molecule has 2 aromatic rings. The zero-order valence-corrected chi connectivity index (χ0v) is 11.4. The molecule has 0 fully saturated rings. The predicted octanol–water partition coefficient (Wildman–Crippen LogP) is 4.34. The molecule has 0 aliphatic rings. The molecule has 19 heavy (non-hydrogen) atoms. The molecule has 0 bridgehead atoms.